The Balaban J connectivity index is -0.0000000729. The summed E-state index contributed by atoms with van der Waals surface area (Å²) in [4.78, 5) is 10.9. The summed E-state index contributed by atoms with van der Waals surface area (Å²) in [5.41, 5.74) is 1.47. The average molecular weight is 409 g/mol. The first-order valence-electron chi connectivity index (χ1n) is 3.60. The first kappa shape index (κ1) is 27.0. The molecule has 0 aromatic carbocycles. The zero-order valence-electron chi connectivity index (χ0n) is 9.55. The quantitative estimate of drug-likeness (QED) is 0.279. The van der Waals surface area contributed by atoms with Crippen molar-refractivity contribution in [3.05, 3.63) is 0 Å². The van der Waals surface area contributed by atoms with Crippen molar-refractivity contribution in [2.75, 3.05) is 28.2 Å². The molecule has 11 heteroatoms. The van der Waals surface area contributed by atoms with Gasteiger partial charge in [0, 0.05) is 14.1 Å². The van der Waals surface area contributed by atoms with Gasteiger partial charge < -0.3 is 17.3 Å². The van der Waals surface area contributed by atoms with Crippen LogP contribution in [0.5, 0.6) is 0 Å². The summed E-state index contributed by atoms with van der Waals surface area (Å²) in [5, 5.41) is 0. The van der Waals surface area contributed by atoms with Crippen LogP contribution in [-0.2, 0) is 4.79 Å². The van der Waals surface area contributed by atoms with Gasteiger partial charge in [0.15, 0.2) is 0 Å². The summed E-state index contributed by atoms with van der Waals surface area (Å²) in [6.07, 6.45) is 0.750. The molecule has 0 radical (unpaired) electrons. The molecule has 17 heavy (non-hydrogen) atoms. The van der Waals surface area contributed by atoms with Gasteiger partial charge in [-0.15, -0.1) is 0 Å². The first-order chi connectivity index (χ1) is 6.78. The van der Waals surface area contributed by atoms with E-state index in [1.165, 1.54) is 10.6 Å². The van der Waals surface area contributed by atoms with Crippen molar-refractivity contribution in [1.29, 1.82) is 0 Å². The third-order valence-electron chi connectivity index (χ3n) is 0.406. The van der Waals surface area contributed by atoms with Crippen LogP contribution in [0.3, 0.4) is 0 Å². The number of halogens is 7. The molecule has 1 amide bonds. The van der Waals surface area contributed by atoms with E-state index in [1.54, 1.807) is 18.7 Å². The zero-order chi connectivity index (χ0) is 14.0. The van der Waals surface area contributed by atoms with Crippen LogP contribution >= 0.6 is 71.2 Å². The number of nitrogens with zero attached hydrogens (tertiary/aromatic N) is 2. The second-order valence-corrected chi connectivity index (χ2v) is 19.6. The molecule has 0 fully saturated rings. The van der Waals surface area contributed by atoms with Gasteiger partial charge in [0.25, 0.3) is 0 Å². The molecule has 0 aromatic rings. The molecule has 0 spiro atoms. The van der Waals surface area contributed by atoms with Crippen molar-refractivity contribution in [2.24, 2.45) is 0 Å². The van der Waals surface area contributed by atoms with Gasteiger partial charge in [-0.25, -0.2) is 4.58 Å². The minimum atomic E-state index is -3.69. The fourth-order valence-electron chi connectivity index (χ4n) is 0. The van der Waals surface area contributed by atoms with Crippen molar-refractivity contribution in [2.45, 2.75) is 0 Å². The van der Waals surface area contributed by atoms with Gasteiger partial charge in [-0.3, -0.25) is 4.79 Å². The van der Waals surface area contributed by atoms with Crippen molar-refractivity contribution >= 4 is 83.3 Å². The van der Waals surface area contributed by atoms with Gasteiger partial charge >= 0.3 is 59.6 Å². The van der Waals surface area contributed by atoms with Gasteiger partial charge in [-0.05, 0) is 11.6 Å². The standard InChI is InChI=1S/C3H7ClN.C3H7NO.Cl5P.ClH/c1-5(2)3-4;1-4(2)3-5;1-6(2,3,4)5;/h2*3H,1-2H3;;1H/q+1;;;/p-1. The third-order valence-corrected chi connectivity index (χ3v) is 0.796. The van der Waals surface area contributed by atoms with E-state index in [0.29, 0.717) is 0 Å². The van der Waals surface area contributed by atoms with Gasteiger partial charge in [0.05, 0.1) is 0 Å². The van der Waals surface area contributed by atoms with Crippen LogP contribution in [0.4, 0.5) is 0 Å². The van der Waals surface area contributed by atoms with Gasteiger partial charge in [-0.1, -0.05) is 0 Å². The van der Waals surface area contributed by atoms with Crippen LogP contribution in [0.25, 0.3) is 0 Å². The SMILES string of the molecule is CN(C)C=O.C[N+](C)=CCl.ClP(Cl)(Cl)(Cl)Cl.[Cl-]. The summed E-state index contributed by atoms with van der Waals surface area (Å²) in [7, 11) is 7.11. The molecule has 0 rings (SSSR count). The van der Waals surface area contributed by atoms with Crippen LogP contribution in [-0.4, -0.2) is 49.8 Å². The van der Waals surface area contributed by atoms with E-state index in [9.17, 15) is 4.79 Å². The molecule has 3 nitrogen and oxygen atoms in total. The Morgan fingerprint density at radius 3 is 1.18 bits per heavy atom. The monoisotopic (exact) mass is 406 g/mol. The fourth-order valence-corrected chi connectivity index (χ4v) is 0. The molecule has 0 aromatic heterocycles. The van der Waals surface area contributed by atoms with E-state index in [-0.39, 0.29) is 12.4 Å². The van der Waals surface area contributed by atoms with Gasteiger partial charge in [0.1, 0.15) is 14.1 Å². The molecule has 0 aliphatic rings. The predicted octanol–water partition coefficient (Wildman–Crippen LogP) is 1.54. The maximum Gasteiger partial charge on any atom is -1.00 e. The maximum atomic E-state index is 9.43. The summed E-state index contributed by atoms with van der Waals surface area (Å²) < 4.78 is -1.92. The number of hydrogen-bond donors (Lipinski definition) is 0. The Morgan fingerprint density at radius 2 is 1.18 bits per heavy atom. The molecule has 0 atom stereocenters. The number of hydrogen-bond acceptors (Lipinski definition) is 1. The van der Waals surface area contributed by atoms with E-state index >= 15 is 0 Å². The molecule has 0 N–H and O–H groups in total. The molecule has 0 saturated carbocycles. The van der Waals surface area contributed by atoms with Crippen molar-refractivity contribution in [3.63, 3.8) is 0 Å². The van der Waals surface area contributed by atoms with Gasteiger partial charge in [-0.2, -0.15) is 0 Å². The first-order valence-corrected chi connectivity index (χ1v) is 10.8. The largest absolute Gasteiger partial charge is 1.00 e. The molecular formula is C6H14Cl7N2OP. The molecular weight excluding hydrogens is 395 g/mol. The normalized spacial score (nSPS) is 10.8. The van der Waals surface area contributed by atoms with E-state index in [4.69, 9.17) is 67.8 Å². The van der Waals surface area contributed by atoms with Crippen LogP contribution in [0.1, 0.15) is 0 Å². The number of carbonyl (C=O) groups is 1. The molecule has 0 heterocycles. The van der Waals surface area contributed by atoms with E-state index < -0.39 is 3.37 Å². The number of carbonyl (C=O) groups excluding carboxylic acids is 1. The molecule has 0 aliphatic heterocycles. The second-order valence-electron chi connectivity index (χ2n) is 2.77. The van der Waals surface area contributed by atoms with E-state index in [1.807, 2.05) is 14.1 Å². The summed E-state index contributed by atoms with van der Waals surface area (Å²) in [5.74, 6) is 0. The van der Waals surface area contributed by atoms with E-state index in [0.717, 1.165) is 6.41 Å². The van der Waals surface area contributed by atoms with Crippen molar-refractivity contribution in [3.8, 4) is 0 Å². The third kappa shape index (κ3) is 137. The van der Waals surface area contributed by atoms with Gasteiger partial charge in [0.2, 0.25) is 12.1 Å². The number of amides is 1. The van der Waals surface area contributed by atoms with Crippen LogP contribution in [0, 0.1) is 0 Å². The fraction of sp³-hybridized carbons (Fsp3) is 0.667. The molecule has 0 unspecified atom stereocenters. The van der Waals surface area contributed by atoms with Crippen LogP contribution in [0.15, 0.2) is 0 Å². The predicted molar refractivity (Wildman–Crippen MR) is 80.0 cm³/mol. The average Bonchev–Trinajstić information content (AvgIpc) is 2.00. The molecule has 0 aliphatic carbocycles. The Morgan fingerprint density at radius 1 is 1.06 bits per heavy atom. The van der Waals surface area contributed by atoms with Crippen LogP contribution in [0.2, 0.25) is 0 Å². The maximum absolute atomic E-state index is 9.43. The minimum absolute atomic E-state index is 0. The zero-order valence-corrected chi connectivity index (χ0v) is 15.7. The Hall–Kier alpha value is 1.60. The van der Waals surface area contributed by atoms with Crippen molar-refractivity contribution < 1.29 is 21.8 Å². The van der Waals surface area contributed by atoms with Crippen molar-refractivity contribution in [1.82, 2.24) is 4.90 Å². The Bertz CT molecular complexity index is 205. The number of rotatable bonds is 1. The topological polar surface area (TPSA) is 23.3 Å². The molecule has 0 bridgehead atoms. The minimum Gasteiger partial charge on any atom is -1.00 e. The Kier molecular flexibility index (Phi) is 20.1. The Labute approximate surface area is 137 Å². The molecule has 0 saturated heterocycles. The van der Waals surface area contributed by atoms with E-state index in [2.05, 4.69) is 0 Å². The van der Waals surface area contributed by atoms with Crippen LogP contribution < -0.4 is 12.4 Å². The summed E-state index contributed by atoms with van der Waals surface area (Å²) >= 11 is 30.0. The smallest absolute Gasteiger partial charge is 1.00 e. The molecule has 108 valence electrons. The summed E-state index contributed by atoms with van der Waals surface area (Å²) in [6.45, 7) is 0. The second kappa shape index (κ2) is 12.6. The summed E-state index contributed by atoms with van der Waals surface area (Å²) in [6, 6.07) is 0.